The van der Waals surface area contributed by atoms with Crippen molar-refractivity contribution in [1.29, 1.82) is 0 Å². The van der Waals surface area contributed by atoms with Crippen molar-refractivity contribution in [2.24, 2.45) is 0 Å². The molecule has 4 nitrogen and oxygen atoms in total. The van der Waals surface area contributed by atoms with Crippen molar-refractivity contribution in [3.63, 3.8) is 0 Å². The van der Waals surface area contributed by atoms with Crippen LogP contribution in [0.1, 0.15) is 10.4 Å². The number of fused-ring (bicyclic) bond motifs is 1. The van der Waals surface area contributed by atoms with Crippen molar-refractivity contribution in [2.45, 2.75) is 0 Å². The van der Waals surface area contributed by atoms with E-state index in [2.05, 4.69) is 32.9 Å². The summed E-state index contributed by atoms with van der Waals surface area (Å²) in [5, 5.41) is 3.37. The Kier molecular flexibility index (Phi) is 5.08. The molecule has 3 aromatic carbocycles. The minimum Gasteiger partial charge on any atom is -0.436 e. The summed E-state index contributed by atoms with van der Waals surface area (Å²) in [6.45, 7) is 0. The number of carbonyl (C=O) groups is 1. The molecule has 134 valence electrons. The minimum atomic E-state index is -0.344. The number of rotatable bonds is 3. The molecule has 0 fully saturated rings. The third kappa shape index (κ3) is 3.81. The zero-order valence-electron chi connectivity index (χ0n) is 13.7. The molecule has 0 radical (unpaired) electrons. The Morgan fingerprint density at radius 3 is 2.67 bits per heavy atom. The van der Waals surface area contributed by atoms with Gasteiger partial charge in [-0.25, -0.2) is 4.98 Å². The molecule has 1 N–H and O–H groups in total. The molecule has 0 spiro atoms. The number of amides is 1. The zero-order chi connectivity index (χ0) is 19.0. The third-order valence-corrected chi connectivity index (χ3v) is 5.40. The second kappa shape index (κ2) is 7.50. The molecule has 1 amide bonds. The van der Waals surface area contributed by atoms with Gasteiger partial charge in [0, 0.05) is 14.8 Å². The average molecular weight is 509 g/mol. The van der Waals surface area contributed by atoms with Crippen molar-refractivity contribution < 1.29 is 9.21 Å². The molecule has 0 aliphatic heterocycles. The number of oxazole rings is 1. The van der Waals surface area contributed by atoms with Crippen LogP contribution in [0.4, 0.5) is 5.69 Å². The van der Waals surface area contributed by atoms with Gasteiger partial charge in [0.15, 0.2) is 5.58 Å². The van der Waals surface area contributed by atoms with Gasteiger partial charge in [0.2, 0.25) is 5.89 Å². The average Bonchev–Trinajstić information content (AvgIpc) is 3.07. The standard InChI is InChI=1S/C20H11Cl2IN2O2/c21-15-6-2-5-14(18(15)22)19(26)24-13-7-8-17-16(10-13)25-20(27-17)11-3-1-4-12(23)9-11/h1-10H,(H,24,26). The van der Waals surface area contributed by atoms with E-state index in [9.17, 15) is 4.79 Å². The maximum atomic E-state index is 12.5. The largest absolute Gasteiger partial charge is 0.436 e. The van der Waals surface area contributed by atoms with Crippen LogP contribution in [-0.2, 0) is 0 Å². The highest BCUT2D eigenvalue weighted by Gasteiger charge is 2.14. The Labute approximate surface area is 178 Å². The summed E-state index contributed by atoms with van der Waals surface area (Å²) in [7, 11) is 0. The first-order valence-electron chi connectivity index (χ1n) is 7.93. The van der Waals surface area contributed by atoms with E-state index in [1.807, 2.05) is 24.3 Å². The lowest BCUT2D eigenvalue weighted by molar-refractivity contribution is 0.102. The maximum absolute atomic E-state index is 12.5. The summed E-state index contributed by atoms with van der Waals surface area (Å²) in [6.07, 6.45) is 0. The quantitative estimate of drug-likeness (QED) is 0.315. The molecule has 0 aliphatic carbocycles. The number of nitrogens with one attached hydrogen (secondary N) is 1. The van der Waals surface area contributed by atoms with Gasteiger partial charge in [-0.1, -0.05) is 35.3 Å². The first kappa shape index (κ1) is 18.3. The Morgan fingerprint density at radius 2 is 1.85 bits per heavy atom. The van der Waals surface area contributed by atoms with Gasteiger partial charge in [-0.15, -0.1) is 0 Å². The zero-order valence-corrected chi connectivity index (χ0v) is 17.3. The molecule has 0 aliphatic rings. The Hall–Kier alpha value is -2.09. The highest BCUT2D eigenvalue weighted by Crippen LogP contribution is 2.29. The van der Waals surface area contributed by atoms with Crippen LogP contribution in [0.3, 0.4) is 0 Å². The van der Waals surface area contributed by atoms with E-state index in [0.717, 1.165) is 9.13 Å². The second-order valence-electron chi connectivity index (χ2n) is 5.77. The van der Waals surface area contributed by atoms with E-state index in [0.29, 0.717) is 33.3 Å². The van der Waals surface area contributed by atoms with Gasteiger partial charge in [-0.3, -0.25) is 4.79 Å². The van der Waals surface area contributed by atoms with Gasteiger partial charge in [-0.2, -0.15) is 0 Å². The molecular weight excluding hydrogens is 498 g/mol. The Morgan fingerprint density at radius 1 is 1.04 bits per heavy atom. The van der Waals surface area contributed by atoms with Crippen LogP contribution in [0, 0.1) is 3.57 Å². The molecule has 0 bridgehead atoms. The molecule has 27 heavy (non-hydrogen) atoms. The van der Waals surface area contributed by atoms with E-state index in [1.165, 1.54) is 0 Å². The van der Waals surface area contributed by atoms with Crippen molar-refractivity contribution in [1.82, 2.24) is 4.98 Å². The number of carbonyl (C=O) groups excluding carboxylic acids is 1. The molecule has 1 heterocycles. The highest BCUT2D eigenvalue weighted by atomic mass is 127. The molecule has 4 rings (SSSR count). The fourth-order valence-corrected chi connectivity index (χ4v) is 3.56. The van der Waals surface area contributed by atoms with E-state index in [1.54, 1.807) is 36.4 Å². The molecule has 1 aromatic heterocycles. The maximum Gasteiger partial charge on any atom is 0.257 e. The Balaban J connectivity index is 1.64. The van der Waals surface area contributed by atoms with Gasteiger partial charge in [0.05, 0.1) is 15.6 Å². The normalized spacial score (nSPS) is 10.9. The predicted octanol–water partition coefficient (Wildman–Crippen LogP) is 6.66. The van der Waals surface area contributed by atoms with Gasteiger partial charge in [-0.05, 0) is 71.1 Å². The lowest BCUT2D eigenvalue weighted by atomic mass is 10.2. The topological polar surface area (TPSA) is 55.1 Å². The number of hydrogen-bond donors (Lipinski definition) is 1. The summed E-state index contributed by atoms with van der Waals surface area (Å²) in [5.74, 6) is 0.188. The van der Waals surface area contributed by atoms with Crippen LogP contribution >= 0.6 is 45.8 Å². The number of anilines is 1. The first-order chi connectivity index (χ1) is 13.0. The third-order valence-electron chi connectivity index (χ3n) is 3.91. The smallest absolute Gasteiger partial charge is 0.257 e. The van der Waals surface area contributed by atoms with Crippen LogP contribution in [0.2, 0.25) is 10.0 Å². The van der Waals surface area contributed by atoms with Crippen molar-refractivity contribution in [2.75, 3.05) is 5.32 Å². The van der Waals surface area contributed by atoms with Crippen LogP contribution in [-0.4, -0.2) is 10.9 Å². The van der Waals surface area contributed by atoms with Crippen LogP contribution in [0.25, 0.3) is 22.6 Å². The SMILES string of the molecule is O=C(Nc1ccc2oc(-c3cccc(I)c3)nc2c1)c1cccc(Cl)c1Cl. The van der Waals surface area contributed by atoms with Gasteiger partial charge >= 0.3 is 0 Å². The summed E-state index contributed by atoms with van der Waals surface area (Å²) < 4.78 is 6.92. The molecule has 0 saturated carbocycles. The summed E-state index contributed by atoms with van der Waals surface area (Å²) in [4.78, 5) is 17.0. The second-order valence-corrected chi connectivity index (χ2v) is 7.80. The number of nitrogens with zero attached hydrogens (tertiary/aromatic N) is 1. The number of halogens is 3. The van der Waals surface area contributed by atoms with Crippen molar-refractivity contribution >= 4 is 68.5 Å². The van der Waals surface area contributed by atoms with Crippen molar-refractivity contribution in [3.8, 4) is 11.5 Å². The first-order valence-corrected chi connectivity index (χ1v) is 9.76. The molecule has 4 aromatic rings. The molecule has 0 atom stereocenters. The van der Waals surface area contributed by atoms with Gasteiger partial charge < -0.3 is 9.73 Å². The van der Waals surface area contributed by atoms with E-state index >= 15 is 0 Å². The van der Waals surface area contributed by atoms with E-state index in [-0.39, 0.29) is 10.9 Å². The lowest BCUT2D eigenvalue weighted by Crippen LogP contribution is -2.12. The number of hydrogen-bond acceptors (Lipinski definition) is 3. The molecule has 7 heteroatoms. The minimum absolute atomic E-state index is 0.222. The van der Waals surface area contributed by atoms with Gasteiger partial charge in [0.1, 0.15) is 5.52 Å². The molecule has 0 unspecified atom stereocenters. The fraction of sp³-hybridized carbons (Fsp3) is 0. The monoisotopic (exact) mass is 508 g/mol. The number of aromatic nitrogens is 1. The molecule has 0 saturated heterocycles. The Bertz CT molecular complexity index is 1170. The van der Waals surface area contributed by atoms with Crippen LogP contribution < -0.4 is 5.32 Å². The van der Waals surface area contributed by atoms with Gasteiger partial charge in [0.25, 0.3) is 5.91 Å². The summed E-state index contributed by atoms with van der Waals surface area (Å²) in [6, 6.07) is 18.1. The molecular formula is C20H11Cl2IN2O2. The van der Waals surface area contributed by atoms with Crippen LogP contribution in [0.5, 0.6) is 0 Å². The summed E-state index contributed by atoms with van der Waals surface area (Å²) >= 11 is 14.3. The predicted molar refractivity (Wildman–Crippen MR) is 117 cm³/mol. The van der Waals surface area contributed by atoms with E-state index in [4.69, 9.17) is 27.6 Å². The van der Waals surface area contributed by atoms with Crippen molar-refractivity contribution in [3.05, 3.63) is 79.8 Å². The number of benzene rings is 3. The highest BCUT2D eigenvalue weighted by molar-refractivity contribution is 14.1. The fourth-order valence-electron chi connectivity index (χ4n) is 2.63. The van der Waals surface area contributed by atoms with E-state index < -0.39 is 0 Å². The summed E-state index contributed by atoms with van der Waals surface area (Å²) in [5.41, 5.74) is 3.09. The lowest BCUT2D eigenvalue weighted by Gasteiger charge is -2.07. The van der Waals surface area contributed by atoms with Crippen LogP contribution in [0.15, 0.2) is 65.1 Å².